The summed E-state index contributed by atoms with van der Waals surface area (Å²) in [6.07, 6.45) is -0.712. The Bertz CT molecular complexity index is 448. The molecule has 2 aromatic rings. The van der Waals surface area contributed by atoms with E-state index in [1.807, 2.05) is 35.7 Å². The van der Waals surface area contributed by atoms with Gasteiger partial charge in [0.25, 0.3) is 0 Å². The van der Waals surface area contributed by atoms with Crippen LogP contribution in [0, 0.1) is 0 Å². The summed E-state index contributed by atoms with van der Waals surface area (Å²) >= 11 is 1.53. The van der Waals surface area contributed by atoms with E-state index in [0.717, 1.165) is 4.88 Å². The van der Waals surface area contributed by atoms with Crippen LogP contribution in [0.2, 0.25) is 0 Å². The van der Waals surface area contributed by atoms with Crippen LogP contribution in [0.15, 0.2) is 47.8 Å². The van der Waals surface area contributed by atoms with Crippen molar-refractivity contribution in [3.8, 4) is 0 Å². The average Bonchev–Trinajstić information content (AvgIpc) is 2.82. The lowest BCUT2D eigenvalue weighted by molar-refractivity contribution is -0.126. The first-order chi connectivity index (χ1) is 7.77. The molecule has 1 heterocycles. The highest BCUT2D eigenvalue weighted by Gasteiger charge is 2.17. The molecule has 0 saturated heterocycles. The van der Waals surface area contributed by atoms with Gasteiger partial charge in [-0.2, -0.15) is 0 Å². The van der Waals surface area contributed by atoms with Gasteiger partial charge in [-0.25, -0.2) is 0 Å². The number of rotatable bonds is 4. The van der Waals surface area contributed by atoms with Gasteiger partial charge in [0.2, 0.25) is 0 Å². The summed E-state index contributed by atoms with van der Waals surface area (Å²) in [6.45, 7) is 0. The SMILES string of the molecule is O=C(Cc1cccs1)C(O)c1ccccc1. The maximum atomic E-state index is 11.8. The molecular weight excluding hydrogens is 220 g/mol. The smallest absolute Gasteiger partial charge is 0.170 e. The Kier molecular flexibility index (Phi) is 3.49. The van der Waals surface area contributed by atoms with Crippen LogP contribution in [-0.2, 0) is 11.2 Å². The molecule has 82 valence electrons. The fourth-order valence-corrected chi connectivity index (χ4v) is 2.22. The predicted molar refractivity (Wildman–Crippen MR) is 64.4 cm³/mol. The minimum absolute atomic E-state index is 0.159. The molecule has 2 rings (SSSR count). The molecule has 0 radical (unpaired) electrons. The highest BCUT2D eigenvalue weighted by Crippen LogP contribution is 2.17. The van der Waals surface area contributed by atoms with E-state index >= 15 is 0 Å². The van der Waals surface area contributed by atoms with Gasteiger partial charge in [0.15, 0.2) is 5.78 Å². The van der Waals surface area contributed by atoms with Gasteiger partial charge in [-0.05, 0) is 17.0 Å². The summed E-state index contributed by atoms with van der Waals surface area (Å²) in [7, 11) is 0. The molecule has 0 aliphatic heterocycles. The summed E-state index contributed by atoms with van der Waals surface area (Å²) < 4.78 is 0. The Morgan fingerprint density at radius 2 is 1.94 bits per heavy atom. The fraction of sp³-hybridized carbons (Fsp3) is 0.154. The molecule has 0 spiro atoms. The van der Waals surface area contributed by atoms with Crippen molar-refractivity contribution in [2.24, 2.45) is 0 Å². The lowest BCUT2D eigenvalue weighted by Gasteiger charge is -2.08. The maximum absolute atomic E-state index is 11.8. The Hall–Kier alpha value is -1.45. The Balaban J connectivity index is 2.05. The van der Waals surface area contributed by atoms with Crippen molar-refractivity contribution in [3.63, 3.8) is 0 Å². The molecule has 1 atom stereocenters. The first-order valence-electron chi connectivity index (χ1n) is 5.05. The molecule has 1 unspecified atom stereocenters. The third-order valence-corrected chi connectivity index (χ3v) is 3.23. The van der Waals surface area contributed by atoms with Crippen LogP contribution in [0.4, 0.5) is 0 Å². The van der Waals surface area contributed by atoms with Gasteiger partial charge < -0.3 is 5.11 Å². The first kappa shape index (κ1) is 11.0. The van der Waals surface area contributed by atoms with Crippen molar-refractivity contribution in [3.05, 3.63) is 58.3 Å². The zero-order valence-corrected chi connectivity index (χ0v) is 9.48. The number of hydrogen-bond donors (Lipinski definition) is 1. The number of Topliss-reactive ketones (excluding diaryl/α,β-unsaturated/α-hetero) is 1. The van der Waals surface area contributed by atoms with Gasteiger partial charge in [-0.1, -0.05) is 36.4 Å². The topological polar surface area (TPSA) is 37.3 Å². The summed E-state index contributed by atoms with van der Waals surface area (Å²) in [5.41, 5.74) is 0.657. The molecule has 16 heavy (non-hydrogen) atoms. The number of aliphatic hydroxyl groups excluding tert-OH is 1. The van der Waals surface area contributed by atoms with Crippen LogP contribution in [0.1, 0.15) is 16.5 Å². The van der Waals surface area contributed by atoms with Crippen molar-refractivity contribution >= 4 is 17.1 Å². The molecule has 0 saturated carbocycles. The second kappa shape index (κ2) is 5.05. The van der Waals surface area contributed by atoms with Gasteiger partial charge in [-0.15, -0.1) is 11.3 Å². The molecule has 1 aromatic carbocycles. The number of ketones is 1. The van der Waals surface area contributed by atoms with E-state index in [4.69, 9.17) is 0 Å². The summed E-state index contributed by atoms with van der Waals surface area (Å²) in [4.78, 5) is 12.8. The van der Waals surface area contributed by atoms with Crippen LogP contribution >= 0.6 is 11.3 Å². The normalized spacial score (nSPS) is 12.3. The molecule has 0 aliphatic carbocycles. The minimum atomic E-state index is -1.01. The van der Waals surface area contributed by atoms with E-state index in [2.05, 4.69) is 0 Å². The van der Waals surface area contributed by atoms with E-state index in [1.165, 1.54) is 11.3 Å². The van der Waals surface area contributed by atoms with Crippen molar-refractivity contribution in [2.45, 2.75) is 12.5 Å². The third kappa shape index (κ3) is 2.56. The van der Waals surface area contributed by atoms with E-state index in [-0.39, 0.29) is 5.78 Å². The highest BCUT2D eigenvalue weighted by atomic mass is 32.1. The molecule has 0 aliphatic rings. The fourth-order valence-electron chi connectivity index (χ4n) is 1.50. The Labute approximate surface area is 98.2 Å². The second-order valence-electron chi connectivity index (χ2n) is 3.54. The van der Waals surface area contributed by atoms with Gasteiger partial charge in [0.1, 0.15) is 6.10 Å². The molecule has 1 N–H and O–H groups in total. The molecule has 3 heteroatoms. The number of thiophene rings is 1. The molecular formula is C13H12O2S. The number of aliphatic hydroxyl groups is 1. The largest absolute Gasteiger partial charge is 0.381 e. The summed E-state index contributed by atoms with van der Waals surface area (Å²) in [5.74, 6) is -0.159. The number of benzene rings is 1. The molecule has 0 fully saturated rings. The lowest BCUT2D eigenvalue weighted by Crippen LogP contribution is -2.13. The van der Waals surface area contributed by atoms with Crippen LogP contribution in [0.3, 0.4) is 0 Å². The van der Waals surface area contributed by atoms with Crippen molar-refractivity contribution in [1.82, 2.24) is 0 Å². The van der Waals surface area contributed by atoms with Gasteiger partial charge in [0, 0.05) is 11.3 Å². The van der Waals surface area contributed by atoms with E-state index in [1.54, 1.807) is 12.1 Å². The van der Waals surface area contributed by atoms with Crippen molar-refractivity contribution in [1.29, 1.82) is 0 Å². The summed E-state index contributed by atoms with van der Waals surface area (Å²) in [5, 5.41) is 11.8. The Morgan fingerprint density at radius 3 is 2.56 bits per heavy atom. The van der Waals surface area contributed by atoms with Crippen LogP contribution < -0.4 is 0 Å². The third-order valence-electron chi connectivity index (χ3n) is 2.35. The Morgan fingerprint density at radius 1 is 1.19 bits per heavy atom. The molecule has 0 bridgehead atoms. The minimum Gasteiger partial charge on any atom is -0.381 e. The van der Waals surface area contributed by atoms with E-state index in [9.17, 15) is 9.90 Å². The molecule has 1 aromatic heterocycles. The number of hydrogen-bond acceptors (Lipinski definition) is 3. The van der Waals surface area contributed by atoms with Crippen molar-refractivity contribution < 1.29 is 9.90 Å². The van der Waals surface area contributed by atoms with Gasteiger partial charge in [0.05, 0.1) is 0 Å². The first-order valence-corrected chi connectivity index (χ1v) is 5.93. The monoisotopic (exact) mass is 232 g/mol. The van der Waals surface area contributed by atoms with E-state index < -0.39 is 6.10 Å². The number of carbonyl (C=O) groups is 1. The highest BCUT2D eigenvalue weighted by molar-refractivity contribution is 7.10. The van der Waals surface area contributed by atoms with Crippen LogP contribution in [0.5, 0.6) is 0 Å². The quantitative estimate of drug-likeness (QED) is 0.879. The molecule has 2 nitrogen and oxygen atoms in total. The van der Waals surface area contributed by atoms with Crippen molar-refractivity contribution in [2.75, 3.05) is 0 Å². The standard InChI is InChI=1S/C13H12O2S/c14-12(9-11-7-4-8-16-11)13(15)10-5-2-1-3-6-10/h1-8,13,15H,9H2. The maximum Gasteiger partial charge on any atom is 0.170 e. The number of carbonyl (C=O) groups excluding carboxylic acids is 1. The predicted octanol–water partition coefficient (Wildman–Crippen LogP) is 2.59. The average molecular weight is 232 g/mol. The van der Waals surface area contributed by atoms with Crippen LogP contribution in [-0.4, -0.2) is 10.9 Å². The zero-order valence-electron chi connectivity index (χ0n) is 8.67. The summed E-state index contributed by atoms with van der Waals surface area (Å²) in [6, 6.07) is 12.8. The molecule has 0 amide bonds. The lowest BCUT2D eigenvalue weighted by atomic mass is 10.0. The van der Waals surface area contributed by atoms with E-state index in [0.29, 0.717) is 12.0 Å². The van der Waals surface area contributed by atoms with Gasteiger partial charge in [-0.3, -0.25) is 4.79 Å². The van der Waals surface area contributed by atoms with Gasteiger partial charge >= 0.3 is 0 Å². The second-order valence-corrected chi connectivity index (χ2v) is 4.57. The zero-order chi connectivity index (χ0) is 11.4. The van der Waals surface area contributed by atoms with Crippen LogP contribution in [0.25, 0.3) is 0 Å².